The zero-order chi connectivity index (χ0) is 17.3. The zero-order valence-corrected chi connectivity index (χ0v) is 13.8. The molecule has 24 heavy (non-hydrogen) atoms. The highest BCUT2D eigenvalue weighted by molar-refractivity contribution is 5.97. The van der Waals surface area contributed by atoms with E-state index >= 15 is 0 Å². The van der Waals surface area contributed by atoms with Crippen molar-refractivity contribution in [3.05, 3.63) is 41.5 Å². The van der Waals surface area contributed by atoms with E-state index in [9.17, 15) is 9.90 Å². The molecule has 2 aromatic carbocycles. The van der Waals surface area contributed by atoms with E-state index < -0.39 is 0 Å². The van der Waals surface area contributed by atoms with E-state index in [-0.39, 0.29) is 24.0 Å². The van der Waals surface area contributed by atoms with Crippen LogP contribution in [-0.4, -0.2) is 32.3 Å². The third kappa shape index (κ3) is 2.60. The topological polar surface area (TPSA) is 77.0 Å². The molecule has 126 valence electrons. The van der Waals surface area contributed by atoms with E-state index in [2.05, 4.69) is 5.32 Å². The number of aromatic hydroxyl groups is 1. The fraction of sp³-hybridized carbons (Fsp3) is 0.278. The summed E-state index contributed by atoms with van der Waals surface area (Å²) in [6.07, 6.45) is 0.252. The molecule has 1 aliphatic heterocycles. The number of anilines is 1. The summed E-state index contributed by atoms with van der Waals surface area (Å²) < 4.78 is 16.4. The van der Waals surface area contributed by atoms with Crippen LogP contribution in [0.4, 0.5) is 5.69 Å². The van der Waals surface area contributed by atoms with Gasteiger partial charge >= 0.3 is 0 Å². The molecule has 0 fully saturated rings. The number of carbonyl (C=O) groups is 1. The second kappa shape index (κ2) is 6.31. The molecule has 0 spiro atoms. The van der Waals surface area contributed by atoms with Crippen LogP contribution in [0.5, 0.6) is 23.0 Å². The minimum absolute atomic E-state index is 0.106. The molecule has 1 aliphatic rings. The van der Waals surface area contributed by atoms with Crippen molar-refractivity contribution < 1.29 is 24.1 Å². The van der Waals surface area contributed by atoms with Gasteiger partial charge < -0.3 is 24.6 Å². The third-order valence-corrected chi connectivity index (χ3v) is 4.15. The highest BCUT2D eigenvalue weighted by atomic mass is 16.5. The first kappa shape index (κ1) is 16.0. The smallest absolute Gasteiger partial charge is 0.225 e. The molecule has 1 amide bonds. The van der Waals surface area contributed by atoms with Crippen LogP contribution in [0.15, 0.2) is 30.3 Å². The molecule has 1 atom stereocenters. The first-order chi connectivity index (χ1) is 11.6. The van der Waals surface area contributed by atoms with Crippen molar-refractivity contribution in [1.82, 2.24) is 0 Å². The number of phenols is 1. The normalized spacial score (nSPS) is 16.1. The molecule has 0 saturated carbocycles. The summed E-state index contributed by atoms with van der Waals surface area (Å²) in [5.74, 6) is 1.26. The van der Waals surface area contributed by atoms with Crippen molar-refractivity contribution in [3.63, 3.8) is 0 Å². The van der Waals surface area contributed by atoms with E-state index in [1.54, 1.807) is 31.4 Å². The Kier molecular flexibility index (Phi) is 4.20. The van der Waals surface area contributed by atoms with Crippen molar-refractivity contribution in [1.29, 1.82) is 0 Å². The number of phenolic OH excluding ortho intramolecular Hbond substituents is 1. The Hall–Kier alpha value is -2.89. The number of hydrogen-bond donors (Lipinski definition) is 2. The van der Waals surface area contributed by atoms with Crippen molar-refractivity contribution in [3.8, 4) is 23.0 Å². The first-order valence-corrected chi connectivity index (χ1v) is 7.50. The molecular formula is C18H19NO5. The van der Waals surface area contributed by atoms with Crippen molar-refractivity contribution in [2.75, 3.05) is 26.6 Å². The Morgan fingerprint density at radius 2 is 1.83 bits per heavy atom. The third-order valence-electron chi connectivity index (χ3n) is 4.15. The monoisotopic (exact) mass is 329 g/mol. The molecule has 2 N–H and O–H groups in total. The Labute approximate surface area is 140 Å². The maximum Gasteiger partial charge on any atom is 0.225 e. The average Bonchev–Trinajstić information content (AvgIpc) is 2.59. The predicted molar refractivity (Wildman–Crippen MR) is 89.3 cm³/mol. The zero-order valence-electron chi connectivity index (χ0n) is 13.8. The lowest BCUT2D eigenvalue weighted by molar-refractivity contribution is -0.116. The molecular weight excluding hydrogens is 310 g/mol. The van der Waals surface area contributed by atoms with Crippen LogP contribution in [-0.2, 0) is 4.79 Å². The van der Waals surface area contributed by atoms with E-state index in [1.807, 2.05) is 6.07 Å². The Morgan fingerprint density at radius 1 is 1.08 bits per heavy atom. The van der Waals surface area contributed by atoms with Crippen LogP contribution in [0.2, 0.25) is 0 Å². The van der Waals surface area contributed by atoms with E-state index in [4.69, 9.17) is 14.2 Å². The molecule has 1 heterocycles. The van der Waals surface area contributed by atoms with Gasteiger partial charge in [-0.1, -0.05) is 12.1 Å². The van der Waals surface area contributed by atoms with Gasteiger partial charge in [0.1, 0.15) is 5.75 Å². The largest absolute Gasteiger partial charge is 0.508 e. The molecule has 2 aromatic rings. The van der Waals surface area contributed by atoms with Gasteiger partial charge in [-0.05, 0) is 17.7 Å². The van der Waals surface area contributed by atoms with Crippen LogP contribution >= 0.6 is 0 Å². The average molecular weight is 329 g/mol. The standard InChI is InChI=1S/C18H19NO5/c1-22-14-9-13-16(18(24-3)17(14)23-2)12(8-15(21)19-13)10-5-4-6-11(20)7-10/h4-7,9,12,20H,8H2,1-3H3,(H,19,21)/t12-/m1/s1. The summed E-state index contributed by atoms with van der Waals surface area (Å²) in [6, 6.07) is 8.61. The van der Waals surface area contributed by atoms with Crippen molar-refractivity contribution >= 4 is 11.6 Å². The summed E-state index contributed by atoms with van der Waals surface area (Å²) in [5.41, 5.74) is 2.26. The van der Waals surface area contributed by atoms with Gasteiger partial charge in [0, 0.05) is 24.0 Å². The summed E-state index contributed by atoms with van der Waals surface area (Å²) in [4.78, 5) is 12.2. The number of nitrogens with one attached hydrogen (secondary N) is 1. The summed E-state index contributed by atoms with van der Waals surface area (Å²) in [5, 5.41) is 12.6. The summed E-state index contributed by atoms with van der Waals surface area (Å²) in [7, 11) is 4.62. The fourth-order valence-corrected chi connectivity index (χ4v) is 3.14. The number of carbonyl (C=O) groups excluding carboxylic acids is 1. The molecule has 3 rings (SSSR count). The van der Waals surface area contributed by atoms with Crippen LogP contribution < -0.4 is 19.5 Å². The van der Waals surface area contributed by atoms with Gasteiger partial charge in [-0.25, -0.2) is 0 Å². The Morgan fingerprint density at radius 3 is 2.46 bits per heavy atom. The lowest BCUT2D eigenvalue weighted by Crippen LogP contribution is -2.24. The molecule has 0 unspecified atom stereocenters. The second-order valence-corrected chi connectivity index (χ2v) is 5.51. The van der Waals surface area contributed by atoms with Crippen LogP contribution in [0, 0.1) is 0 Å². The van der Waals surface area contributed by atoms with Crippen molar-refractivity contribution in [2.45, 2.75) is 12.3 Å². The van der Waals surface area contributed by atoms with Gasteiger partial charge in [0.2, 0.25) is 11.7 Å². The number of benzene rings is 2. The fourth-order valence-electron chi connectivity index (χ4n) is 3.14. The van der Waals surface area contributed by atoms with Crippen LogP contribution in [0.25, 0.3) is 0 Å². The molecule has 0 bridgehead atoms. The number of hydrogen-bond acceptors (Lipinski definition) is 5. The molecule has 6 nitrogen and oxygen atoms in total. The SMILES string of the molecule is COc1cc2c(c(OC)c1OC)[C@@H](c1cccc(O)c1)CC(=O)N2. The van der Waals surface area contributed by atoms with Gasteiger partial charge in [-0.3, -0.25) is 4.79 Å². The number of rotatable bonds is 4. The van der Waals surface area contributed by atoms with Crippen molar-refractivity contribution in [2.24, 2.45) is 0 Å². The number of amides is 1. The lowest BCUT2D eigenvalue weighted by atomic mass is 9.83. The van der Waals surface area contributed by atoms with E-state index in [1.165, 1.54) is 14.2 Å². The maximum atomic E-state index is 12.2. The highest BCUT2D eigenvalue weighted by Crippen LogP contribution is 2.51. The highest BCUT2D eigenvalue weighted by Gasteiger charge is 2.33. The lowest BCUT2D eigenvalue weighted by Gasteiger charge is -2.29. The van der Waals surface area contributed by atoms with Gasteiger partial charge in [-0.2, -0.15) is 0 Å². The van der Waals surface area contributed by atoms with E-state index in [0.29, 0.717) is 22.9 Å². The quantitative estimate of drug-likeness (QED) is 0.902. The molecule has 0 aromatic heterocycles. The van der Waals surface area contributed by atoms with E-state index in [0.717, 1.165) is 11.1 Å². The molecule has 6 heteroatoms. The number of methoxy groups -OCH3 is 3. The summed E-state index contributed by atoms with van der Waals surface area (Å²) >= 11 is 0. The first-order valence-electron chi connectivity index (χ1n) is 7.50. The van der Waals surface area contributed by atoms with Crippen LogP contribution in [0.1, 0.15) is 23.5 Å². The second-order valence-electron chi connectivity index (χ2n) is 5.51. The minimum Gasteiger partial charge on any atom is -0.508 e. The van der Waals surface area contributed by atoms with Gasteiger partial charge in [0.15, 0.2) is 11.5 Å². The minimum atomic E-state index is -0.254. The van der Waals surface area contributed by atoms with Gasteiger partial charge in [-0.15, -0.1) is 0 Å². The Balaban J connectivity index is 2.25. The van der Waals surface area contributed by atoms with Gasteiger partial charge in [0.25, 0.3) is 0 Å². The Bertz CT molecular complexity index is 787. The number of ether oxygens (including phenoxy) is 3. The van der Waals surface area contributed by atoms with Gasteiger partial charge in [0.05, 0.1) is 27.0 Å². The molecule has 0 aliphatic carbocycles. The number of fused-ring (bicyclic) bond motifs is 1. The summed E-state index contributed by atoms with van der Waals surface area (Å²) in [6.45, 7) is 0. The predicted octanol–water partition coefficient (Wildman–Crippen LogP) is 2.89. The molecule has 0 radical (unpaired) electrons. The molecule has 0 saturated heterocycles. The maximum absolute atomic E-state index is 12.2. The van der Waals surface area contributed by atoms with Crippen LogP contribution in [0.3, 0.4) is 0 Å².